The molecule has 4 nitrogen and oxygen atoms in total. The first-order chi connectivity index (χ1) is 9.55. The number of anilines is 1. The third-order valence-electron chi connectivity index (χ3n) is 4.03. The number of nitrogen functional groups attached to an aromatic ring is 1. The summed E-state index contributed by atoms with van der Waals surface area (Å²) in [4.78, 5) is 6.77. The maximum Gasteiger partial charge on any atom is 0.0767 e. The lowest BCUT2D eigenvalue weighted by Crippen LogP contribution is -2.45. The van der Waals surface area contributed by atoms with Crippen LogP contribution in [0.2, 0.25) is 0 Å². The molecule has 1 aromatic carbocycles. The Hall–Kier alpha value is -1.65. The molecule has 4 heteroatoms. The van der Waals surface area contributed by atoms with Gasteiger partial charge in [-0.25, -0.2) is 0 Å². The molecule has 1 aliphatic heterocycles. The van der Waals surface area contributed by atoms with E-state index in [0.29, 0.717) is 6.54 Å². The lowest BCUT2D eigenvalue weighted by molar-refractivity contribution is -0.0180. The van der Waals surface area contributed by atoms with Gasteiger partial charge in [0, 0.05) is 30.4 Å². The van der Waals surface area contributed by atoms with Crippen LogP contribution in [0.25, 0.3) is 10.9 Å². The number of piperidine rings is 1. The molecule has 1 saturated heterocycles. The quantitative estimate of drug-likeness (QED) is 0.822. The first-order valence-corrected chi connectivity index (χ1v) is 7.12. The number of fused-ring (bicyclic) bond motifs is 1. The molecule has 0 radical (unpaired) electrons. The number of aromatic nitrogens is 1. The van der Waals surface area contributed by atoms with E-state index in [1.807, 2.05) is 31.2 Å². The first kappa shape index (κ1) is 13.3. The lowest BCUT2D eigenvalue weighted by Gasteiger charge is -2.36. The van der Waals surface area contributed by atoms with Crippen molar-refractivity contribution < 1.29 is 5.11 Å². The second-order valence-electron chi connectivity index (χ2n) is 6.02. The molecule has 0 saturated carbocycles. The van der Waals surface area contributed by atoms with Gasteiger partial charge in [0.25, 0.3) is 0 Å². The summed E-state index contributed by atoms with van der Waals surface area (Å²) < 4.78 is 0. The van der Waals surface area contributed by atoms with E-state index < -0.39 is 5.60 Å². The predicted octanol–water partition coefficient (Wildman–Crippen LogP) is 2.16. The zero-order valence-electron chi connectivity index (χ0n) is 11.8. The van der Waals surface area contributed by atoms with Crippen molar-refractivity contribution in [2.45, 2.75) is 31.9 Å². The van der Waals surface area contributed by atoms with E-state index in [1.165, 1.54) is 5.56 Å². The molecule has 1 atom stereocenters. The summed E-state index contributed by atoms with van der Waals surface area (Å²) >= 11 is 0. The molecule has 0 amide bonds. The number of aliphatic hydroxyl groups is 1. The Labute approximate surface area is 119 Å². The van der Waals surface area contributed by atoms with Gasteiger partial charge in [0.1, 0.15) is 0 Å². The van der Waals surface area contributed by atoms with Gasteiger partial charge >= 0.3 is 0 Å². The van der Waals surface area contributed by atoms with E-state index in [4.69, 9.17) is 5.73 Å². The van der Waals surface area contributed by atoms with E-state index in [0.717, 1.165) is 42.5 Å². The molecule has 0 aliphatic carbocycles. The number of nitrogens with zero attached hydrogens (tertiary/aromatic N) is 2. The van der Waals surface area contributed by atoms with Crippen molar-refractivity contribution in [3.8, 4) is 0 Å². The molecule has 1 aliphatic rings. The smallest absolute Gasteiger partial charge is 0.0767 e. The number of hydrogen-bond acceptors (Lipinski definition) is 4. The third-order valence-corrected chi connectivity index (χ3v) is 4.03. The monoisotopic (exact) mass is 271 g/mol. The van der Waals surface area contributed by atoms with Crippen molar-refractivity contribution >= 4 is 16.6 Å². The minimum Gasteiger partial charge on any atom is -0.398 e. The molecule has 20 heavy (non-hydrogen) atoms. The van der Waals surface area contributed by atoms with E-state index >= 15 is 0 Å². The van der Waals surface area contributed by atoms with Gasteiger partial charge in [0.05, 0.1) is 11.1 Å². The Morgan fingerprint density at radius 1 is 1.40 bits per heavy atom. The largest absolute Gasteiger partial charge is 0.398 e. The molecule has 3 rings (SSSR count). The van der Waals surface area contributed by atoms with Gasteiger partial charge in [-0.2, -0.15) is 0 Å². The van der Waals surface area contributed by atoms with Gasteiger partial charge < -0.3 is 10.8 Å². The van der Waals surface area contributed by atoms with E-state index in [-0.39, 0.29) is 0 Å². The van der Waals surface area contributed by atoms with Crippen LogP contribution in [0, 0.1) is 0 Å². The van der Waals surface area contributed by atoms with Crippen LogP contribution < -0.4 is 5.73 Å². The maximum atomic E-state index is 10.2. The summed E-state index contributed by atoms with van der Waals surface area (Å²) in [6, 6.07) is 7.91. The lowest BCUT2D eigenvalue weighted by atomic mass is 9.94. The van der Waals surface area contributed by atoms with Crippen LogP contribution >= 0.6 is 0 Å². The number of pyridine rings is 1. The number of β-amino-alcohol motifs (C(OH)–C–C–N with tert-alkyl or cyclic N) is 1. The molecule has 1 fully saturated rings. The molecule has 1 aromatic heterocycles. The second-order valence-corrected chi connectivity index (χ2v) is 6.02. The summed E-state index contributed by atoms with van der Waals surface area (Å²) in [5.41, 5.74) is 8.34. The fourth-order valence-electron chi connectivity index (χ4n) is 3.08. The summed E-state index contributed by atoms with van der Waals surface area (Å²) in [6.45, 7) is 4.46. The van der Waals surface area contributed by atoms with E-state index in [1.54, 1.807) is 6.20 Å². The Morgan fingerprint density at radius 3 is 3.05 bits per heavy atom. The molecule has 106 valence electrons. The highest BCUT2D eigenvalue weighted by Gasteiger charge is 2.28. The Bertz CT molecular complexity index is 624. The molecular formula is C16H21N3O. The van der Waals surface area contributed by atoms with Crippen LogP contribution in [0.5, 0.6) is 0 Å². The first-order valence-electron chi connectivity index (χ1n) is 7.12. The van der Waals surface area contributed by atoms with Gasteiger partial charge in [-0.1, -0.05) is 6.07 Å². The number of hydrogen-bond donors (Lipinski definition) is 2. The molecule has 1 unspecified atom stereocenters. The average Bonchev–Trinajstić information content (AvgIpc) is 2.41. The highest BCUT2D eigenvalue weighted by molar-refractivity contribution is 5.92. The van der Waals surface area contributed by atoms with Crippen molar-refractivity contribution in [1.29, 1.82) is 0 Å². The number of benzene rings is 1. The normalized spacial score (nSPS) is 24.1. The fourth-order valence-corrected chi connectivity index (χ4v) is 3.08. The Kier molecular flexibility index (Phi) is 3.36. The molecular weight excluding hydrogens is 250 g/mol. The Balaban J connectivity index is 1.90. The van der Waals surface area contributed by atoms with Gasteiger partial charge in [-0.05, 0) is 50.1 Å². The maximum absolute atomic E-state index is 10.2. The van der Waals surface area contributed by atoms with Crippen LogP contribution in [0.1, 0.15) is 25.3 Å². The summed E-state index contributed by atoms with van der Waals surface area (Å²) in [5, 5.41) is 11.2. The van der Waals surface area contributed by atoms with Crippen molar-refractivity contribution in [1.82, 2.24) is 9.88 Å². The minimum atomic E-state index is -0.574. The standard InChI is InChI=1S/C16H21N3O/c1-16(20)7-3-9-19(11-16)10-12-5-6-14(17)13-4-2-8-18-15(12)13/h2,4-6,8,20H,3,7,9-11,17H2,1H3. The number of likely N-dealkylation sites (tertiary alicyclic amines) is 1. The van der Waals surface area contributed by atoms with Crippen molar-refractivity contribution in [2.75, 3.05) is 18.8 Å². The third kappa shape index (κ3) is 2.62. The van der Waals surface area contributed by atoms with Crippen LogP contribution in [0.3, 0.4) is 0 Å². The number of nitrogens with two attached hydrogens (primary N) is 1. The van der Waals surface area contributed by atoms with E-state index in [2.05, 4.69) is 9.88 Å². The fraction of sp³-hybridized carbons (Fsp3) is 0.438. The van der Waals surface area contributed by atoms with Gasteiger partial charge in [0.2, 0.25) is 0 Å². The summed E-state index contributed by atoms with van der Waals surface area (Å²) in [5.74, 6) is 0. The molecule has 2 heterocycles. The topological polar surface area (TPSA) is 62.4 Å². The number of rotatable bonds is 2. The highest BCUT2D eigenvalue weighted by atomic mass is 16.3. The van der Waals surface area contributed by atoms with Crippen molar-refractivity contribution in [2.24, 2.45) is 0 Å². The SMILES string of the molecule is CC1(O)CCCN(Cc2ccc(N)c3cccnc23)C1. The minimum absolute atomic E-state index is 0.574. The van der Waals surface area contributed by atoms with Crippen LogP contribution in [-0.4, -0.2) is 33.7 Å². The highest BCUT2D eigenvalue weighted by Crippen LogP contribution is 2.26. The van der Waals surface area contributed by atoms with Gasteiger partial charge in [-0.3, -0.25) is 9.88 Å². The van der Waals surface area contributed by atoms with Crippen LogP contribution in [-0.2, 0) is 6.54 Å². The second kappa shape index (κ2) is 5.04. The zero-order chi connectivity index (χ0) is 14.2. The average molecular weight is 271 g/mol. The van der Waals surface area contributed by atoms with E-state index in [9.17, 15) is 5.11 Å². The Morgan fingerprint density at radius 2 is 2.25 bits per heavy atom. The summed E-state index contributed by atoms with van der Waals surface area (Å²) in [7, 11) is 0. The molecule has 0 bridgehead atoms. The van der Waals surface area contributed by atoms with Crippen molar-refractivity contribution in [3.63, 3.8) is 0 Å². The van der Waals surface area contributed by atoms with Gasteiger partial charge in [0.15, 0.2) is 0 Å². The molecule has 0 spiro atoms. The molecule has 3 N–H and O–H groups in total. The predicted molar refractivity (Wildman–Crippen MR) is 81.3 cm³/mol. The zero-order valence-corrected chi connectivity index (χ0v) is 11.8. The van der Waals surface area contributed by atoms with Crippen LogP contribution in [0.4, 0.5) is 5.69 Å². The van der Waals surface area contributed by atoms with Crippen molar-refractivity contribution in [3.05, 3.63) is 36.0 Å². The van der Waals surface area contributed by atoms with Gasteiger partial charge in [-0.15, -0.1) is 0 Å². The molecule has 2 aromatic rings. The summed E-state index contributed by atoms with van der Waals surface area (Å²) in [6.07, 6.45) is 3.72. The van der Waals surface area contributed by atoms with Crippen LogP contribution in [0.15, 0.2) is 30.5 Å².